The average Bonchev–Trinajstić information content (AvgIpc) is 2.50. The summed E-state index contributed by atoms with van der Waals surface area (Å²) in [4.78, 5) is 0. The molecular weight excluding hydrogens is 254 g/mol. The molecule has 4 heteroatoms. The second-order valence-electron chi connectivity index (χ2n) is 5.32. The highest BCUT2D eigenvalue weighted by Gasteiger charge is 2.23. The van der Waals surface area contributed by atoms with Gasteiger partial charge in [0.25, 0.3) is 0 Å². The van der Waals surface area contributed by atoms with Crippen LogP contribution in [-0.2, 0) is 11.2 Å². The lowest BCUT2D eigenvalue weighted by Crippen LogP contribution is -2.50. The highest BCUT2D eigenvalue weighted by Crippen LogP contribution is 2.15. The van der Waals surface area contributed by atoms with Crippen LogP contribution < -0.4 is 10.1 Å². The van der Waals surface area contributed by atoms with Crippen LogP contribution in [-0.4, -0.2) is 44.1 Å². The summed E-state index contributed by atoms with van der Waals surface area (Å²) in [6.45, 7) is 6.17. The molecule has 2 N–H and O–H groups in total. The predicted molar refractivity (Wildman–Crippen MR) is 81.3 cm³/mol. The maximum absolute atomic E-state index is 9.47. The second kappa shape index (κ2) is 8.95. The number of hydrogen-bond acceptors (Lipinski definition) is 4. The fourth-order valence-corrected chi connectivity index (χ4v) is 1.79. The molecule has 0 amide bonds. The van der Waals surface area contributed by atoms with Gasteiger partial charge < -0.3 is 19.9 Å². The lowest BCUT2D eigenvalue weighted by Gasteiger charge is -2.28. The summed E-state index contributed by atoms with van der Waals surface area (Å²) in [7, 11) is 1.70. The molecular formula is C16H27NO3. The molecule has 0 aliphatic rings. The molecule has 0 bridgehead atoms. The SMILES string of the molecule is CCCNC(C)(CO)COc1ccc(CCOC)cc1. The minimum atomic E-state index is -0.398. The fourth-order valence-electron chi connectivity index (χ4n) is 1.79. The van der Waals surface area contributed by atoms with E-state index in [2.05, 4.69) is 12.2 Å². The number of nitrogens with one attached hydrogen (secondary N) is 1. The number of aliphatic hydroxyl groups excluding tert-OH is 1. The van der Waals surface area contributed by atoms with E-state index in [-0.39, 0.29) is 6.61 Å². The van der Waals surface area contributed by atoms with E-state index in [1.165, 1.54) is 5.56 Å². The van der Waals surface area contributed by atoms with E-state index in [1.807, 2.05) is 31.2 Å². The van der Waals surface area contributed by atoms with Gasteiger partial charge in [0.15, 0.2) is 0 Å². The molecule has 0 aromatic heterocycles. The van der Waals surface area contributed by atoms with Crippen LogP contribution in [0.3, 0.4) is 0 Å². The van der Waals surface area contributed by atoms with Crippen molar-refractivity contribution in [2.45, 2.75) is 32.2 Å². The summed E-state index contributed by atoms with van der Waals surface area (Å²) in [5.74, 6) is 0.823. The molecule has 20 heavy (non-hydrogen) atoms. The van der Waals surface area contributed by atoms with E-state index in [1.54, 1.807) is 7.11 Å². The highest BCUT2D eigenvalue weighted by molar-refractivity contribution is 5.27. The van der Waals surface area contributed by atoms with Crippen molar-refractivity contribution in [1.29, 1.82) is 0 Å². The second-order valence-corrected chi connectivity index (χ2v) is 5.32. The molecule has 0 spiro atoms. The summed E-state index contributed by atoms with van der Waals surface area (Å²) in [6.07, 6.45) is 1.94. The summed E-state index contributed by atoms with van der Waals surface area (Å²) in [5.41, 5.74) is 0.832. The maximum atomic E-state index is 9.47. The Kier molecular flexibility index (Phi) is 7.59. The first-order valence-electron chi connectivity index (χ1n) is 7.20. The quantitative estimate of drug-likeness (QED) is 0.689. The Bertz CT molecular complexity index is 366. The molecule has 114 valence electrons. The van der Waals surface area contributed by atoms with Gasteiger partial charge in [-0.1, -0.05) is 19.1 Å². The highest BCUT2D eigenvalue weighted by atomic mass is 16.5. The third-order valence-corrected chi connectivity index (χ3v) is 3.23. The molecule has 1 atom stereocenters. The van der Waals surface area contributed by atoms with E-state index in [4.69, 9.17) is 9.47 Å². The molecule has 1 unspecified atom stereocenters. The third-order valence-electron chi connectivity index (χ3n) is 3.23. The normalized spacial score (nSPS) is 14.0. The van der Waals surface area contributed by atoms with Crippen LogP contribution in [0.4, 0.5) is 0 Å². The minimum Gasteiger partial charge on any atom is -0.492 e. The van der Waals surface area contributed by atoms with Gasteiger partial charge in [-0.25, -0.2) is 0 Å². The first-order chi connectivity index (χ1) is 9.63. The summed E-state index contributed by atoms with van der Waals surface area (Å²) in [5, 5.41) is 12.8. The summed E-state index contributed by atoms with van der Waals surface area (Å²) >= 11 is 0. The van der Waals surface area contributed by atoms with E-state index < -0.39 is 5.54 Å². The van der Waals surface area contributed by atoms with Crippen LogP contribution in [0.25, 0.3) is 0 Å². The van der Waals surface area contributed by atoms with Crippen LogP contribution >= 0.6 is 0 Å². The molecule has 0 fully saturated rings. The molecule has 0 aliphatic heterocycles. The van der Waals surface area contributed by atoms with Gasteiger partial charge in [-0.15, -0.1) is 0 Å². The summed E-state index contributed by atoms with van der Waals surface area (Å²) in [6, 6.07) is 8.01. The van der Waals surface area contributed by atoms with Gasteiger partial charge in [0, 0.05) is 7.11 Å². The van der Waals surface area contributed by atoms with Gasteiger partial charge in [-0.3, -0.25) is 0 Å². The van der Waals surface area contributed by atoms with Crippen LogP contribution in [0.15, 0.2) is 24.3 Å². The Balaban J connectivity index is 2.47. The monoisotopic (exact) mass is 281 g/mol. The summed E-state index contributed by atoms with van der Waals surface area (Å²) < 4.78 is 10.8. The maximum Gasteiger partial charge on any atom is 0.119 e. The van der Waals surface area contributed by atoms with Crippen molar-refractivity contribution >= 4 is 0 Å². The number of methoxy groups -OCH3 is 1. The molecule has 0 saturated carbocycles. The minimum absolute atomic E-state index is 0.0545. The molecule has 1 aromatic carbocycles. The molecule has 4 nitrogen and oxygen atoms in total. The number of aliphatic hydroxyl groups is 1. The van der Waals surface area contributed by atoms with Crippen molar-refractivity contribution < 1.29 is 14.6 Å². The van der Waals surface area contributed by atoms with Gasteiger partial charge in [-0.2, -0.15) is 0 Å². The fraction of sp³-hybridized carbons (Fsp3) is 0.625. The van der Waals surface area contributed by atoms with Crippen LogP contribution in [0.2, 0.25) is 0 Å². The number of ether oxygens (including phenoxy) is 2. The Morgan fingerprint density at radius 3 is 2.50 bits per heavy atom. The van der Waals surface area contributed by atoms with Crippen molar-refractivity contribution in [2.75, 3.05) is 33.5 Å². The molecule has 0 aliphatic carbocycles. The van der Waals surface area contributed by atoms with Gasteiger partial charge in [0.2, 0.25) is 0 Å². The third kappa shape index (κ3) is 5.90. The Labute approximate surface area is 122 Å². The molecule has 0 saturated heterocycles. The predicted octanol–water partition coefficient (Wildman–Crippen LogP) is 2.00. The lowest BCUT2D eigenvalue weighted by molar-refractivity contribution is 0.116. The van der Waals surface area contributed by atoms with Crippen LogP contribution in [0, 0.1) is 0 Å². The smallest absolute Gasteiger partial charge is 0.119 e. The number of benzene rings is 1. The lowest BCUT2D eigenvalue weighted by atomic mass is 10.1. The van der Waals surface area contributed by atoms with E-state index in [0.717, 1.165) is 31.7 Å². The number of rotatable bonds is 10. The average molecular weight is 281 g/mol. The topological polar surface area (TPSA) is 50.7 Å². The molecule has 0 heterocycles. The zero-order chi connectivity index (χ0) is 14.8. The zero-order valence-electron chi connectivity index (χ0n) is 12.8. The van der Waals surface area contributed by atoms with Crippen molar-refractivity contribution in [3.8, 4) is 5.75 Å². The first-order valence-corrected chi connectivity index (χ1v) is 7.20. The van der Waals surface area contributed by atoms with E-state index in [0.29, 0.717) is 6.61 Å². The van der Waals surface area contributed by atoms with E-state index >= 15 is 0 Å². The van der Waals surface area contributed by atoms with Gasteiger partial charge in [0.05, 0.1) is 18.8 Å². The van der Waals surface area contributed by atoms with Gasteiger partial charge >= 0.3 is 0 Å². The Morgan fingerprint density at radius 2 is 1.95 bits per heavy atom. The zero-order valence-corrected chi connectivity index (χ0v) is 12.8. The first kappa shape index (κ1) is 17.0. The molecule has 1 rings (SSSR count). The van der Waals surface area contributed by atoms with Crippen molar-refractivity contribution in [1.82, 2.24) is 5.32 Å². The van der Waals surface area contributed by atoms with E-state index in [9.17, 15) is 5.11 Å². The van der Waals surface area contributed by atoms with Crippen molar-refractivity contribution in [2.24, 2.45) is 0 Å². The van der Waals surface area contributed by atoms with Crippen molar-refractivity contribution in [3.05, 3.63) is 29.8 Å². The molecule has 1 aromatic rings. The number of hydrogen-bond donors (Lipinski definition) is 2. The van der Waals surface area contributed by atoms with Gasteiger partial charge in [0.1, 0.15) is 12.4 Å². The Morgan fingerprint density at radius 1 is 1.25 bits per heavy atom. The van der Waals surface area contributed by atoms with Crippen molar-refractivity contribution in [3.63, 3.8) is 0 Å². The van der Waals surface area contributed by atoms with Gasteiger partial charge in [-0.05, 0) is 44.0 Å². The standard InChI is InChI=1S/C16H27NO3/c1-4-10-17-16(2,12-18)13-20-15-7-5-14(6-8-15)9-11-19-3/h5-8,17-18H,4,9-13H2,1-3H3. The van der Waals surface area contributed by atoms with Crippen LogP contribution in [0.1, 0.15) is 25.8 Å². The Hall–Kier alpha value is -1.10. The molecule has 0 radical (unpaired) electrons. The van der Waals surface area contributed by atoms with Crippen LogP contribution in [0.5, 0.6) is 5.75 Å². The largest absolute Gasteiger partial charge is 0.492 e.